The van der Waals surface area contributed by atoms with Gasteiger partial charge in [-0.25, -0.2) is 4.79 Å². The van der Waals surface area contributed by atoms with E-state index in [2.05, 4.69) is 10.1 Å². The monoisotopic (exact) mass is 283 g/mol. The molecule has 1 heterocycles. The van der Waals surface area contributed by atoms with E-state index >= 15 is 0 Å². The summed E-state index contributed by atoms with van der Waals surface area (Å²) in [5, 5.41) is 3.18. The lowest BCUT2D eigenvalue weighted by Gasteiger charge is -2.09. The quantitative estimate of drug-likeness (QED) is 0.689. The summed E-state index contributed by atoms with van der Waals surface area (Å²) in [6, 6.07) is 2.97. The number of carbonyl (C=O) groups is 2. The molecule has 2 rings (SSSR count). The molecular formula is C12H10ClNO5. The second-order valence-corrected chi connectivity index (χ2v) is 3.93. The first-order chi connectivity index (χ1) is 9.12. The van der Waals surface area contributed by atoms with Crippen LogP contribution in [0, 0.1) is 0 Å². The van der Waals surface area contributed by atoms with Crippen LogP contribution in [0.1, 0.15) is 10.6 Å². The van der Waals surface area contributed by atoms with Crippen LogP contribution in [0.3, 0.4) is 0 Å². The smallest absolute Gasteiger partial charge is 0.373 e. The van der Waals surface area contributed by atoms with Crippen LogP contribution in [0.25, 0.3) is 11.0 Å². The zero-order chi connectivity index (χ0) is 14.0. The van der Waals surface area contributed by atoms with E-state index in [4.69, 9.17) is 20.8 Å². The van der Waals surface area contributed by atoms with Crippen LogP contribution in [0.5, 0.6) is 5.75 Å². The second kappa shape index (κ2) is 5.19. The van der Waals surface area contributed by atoms with E-state index in [1.54, 1.807) is 0 Å². The third-order valence-electron chi connectivity index (χ3n) is 2.52. The molecule has 0 saturated heterocycles. The van der Waals surface area contributed by atoms with Gasteiger partial charge < -0.3 is 19.2 Å². The molecule has 0 atom stereocenters. The molecule has 1 aromatic carbocycles. The number of hydrogen-bond donors (Lipinski definition) is 1. The second-order valence-electron chi connectivity index (χ2n) is 3.55. The number of amides is 1. The topological polar surface area (TPSA) is 77.8 Å². The average molecular weight is 284 g/mol. The standard InChI is InChI=1S/C12H10ClNO5/c1-17-11-7(14-5-15)4-8-6(10(11)13)3-9(19-8)12(16)18-2/h3-5H,1-2H3,(H,14,15). The number of benzene rings is 1. The molecule has 0 aliphatic carbocycles. The van der Waals surface area contributed by atoms with Crippen LogP contribution >= 0.6 is 11.6 Å². The Hall–Kier alpha value is -2.21. The van der Waals surface area contributed by atoms with Gasteiger partial charge in [-0.15, -0.1) is 0 Å². The first kappa shape index (κ1) is 13.2. The summed E-state index contributed by atoms with van der Waals surface area (Å²) in [6.45, 7) is 0. The molecule has 2 aromatic rings. The van der Waals surface area contributed by atoms with E-state index in [1.807, 2.05) is 0 Å². The number of esters is 1. The molecule has 0 bridgehead atoms. The van der Waals surface area contributed by atoms with Crippen LogP contribution in [0.4, 0.5) is 5.69 Å². The molecule has 0 saturated carbocycles. The number of carbonyl (C=O) groups excluding carboxylic acids is 2. The number of fused-ring (bicyclic) bond motifs is 1. The Bertz CT molecular complexity index is 649. The SMILES string of the molecule is COC(=O)c1cc2c(Cl)c(OC)c(NC=O)cc2o1. The number of anilines is 1. The minimum Gasteiger partial charge on any atom is -0.493 e. The van der Waals surface area contributed by atoms with E-state index in [1.165, 1.54) is 26.4 Å². The van der Waals surface area contributed by atoms with Gasteiger partial charge in [0.15, 0.2) is 5.75 Å². The van der Waals surface area contributed by atoms with Gasteiger partial charge in [-0.2, -0.15) is 0 Å². The average Bonchev–Trinajstić information content (AvgIpc) is 2.83. The van der Waals surface area contributed by atoms with Crippen molar-refractivity contribution in [1.29, 1.82) is 0 Å². The Labute approximate surface area is 113 Å². The Morgan fingerprint density at radius 1 is 1.42 bits per heavy atom. The lowest BCUT2D eigenvalue weighted by Crippen LogP contribution is -1.97. The minimum absolute atomic E-state index is 0.0182. The normalized spacial score (nSPS) is 10.3. The first-order valence-electron chi connectivity index (χ1n) is 5.21. The number of halogens is 1. The lowest BCUT2D eigenvalue weighted by atomic mass is 10.2. The van der Waals surface area contributed by atoms with Gasteiger partial charge in [-0.3, -0.25) is 4.79 Å². The molecule has 1 aromatic heterocycles. The molecule has 7 heteroatoms. The summed E-state index contributed by atoms with van der Waals surface area (Å²) in [5.41, 5.74) is 0.691. The van der Waals surface area contributed by atoms with Crippen LogP contribution in [-0.4, -0.2) is 26.6 Å². The first-order valence-corrected chi connectivity index (χ1v) is 5.58. The van der Waals surface area contributed by atoms with Gasteiger partial charge in [0.2, 0.25) is 12.2 Å². The van der Waals surface area contributed by atoms with Gasteiger partial charge in [0, 0.05) is 17.5 Å². The molecule has 1 N–H and O–H groups in total. The predicted octanol–water partition coefficient (Wildman–Crippen LogP) is 2.45. The Morgan fingerprint density at radius 3 is 2.74 bits per heavy atom. The fourth-order valence-corrected chi connectivity index (χ4v) is 2.02. The highest BCUT2D eigenvalue weighted by molar-refractivity contribution is 6.37. The maximum atomic E-state index is 11.4. The van der Waals surface area contributed by atoms with Crippen LogP contribution in [0.15, 0.2) is 16.5 Å². The third-order valence-corrected chi connectivity index (χ3v) is 2.90. The number of methoxy groups -OCH3 is 2. The summed E-state index contributed by atoms with van der Waals surface area (Å²) in [7, 11) is 2.67. The summed E-state index contributed by atoms with van der Waals surface area (Å²) in [4.78, 5) is 21.9. The van der Waals surface area contributed by atoms with Crippen molar-refractivity contribution in [3.63, 3.8) is 0 Å². The molecule has 19 heavy (non-hydrogen) atoms. The number of ether oxygens (including phenoxy) is 2. The van der Waals surface area contributed by atoms with Crippen LogP contribution < -0.4 is 10.1 Å². The van der Waals surface area contributed by atoms with Crippen molar-refractivity contribution in [2.45, 2.75) is 0 Å². The summed E-state index contributed by atoms with van der Waals surface area (Å²) in [5.74, 6) is -0.306. The maximum Gasteiger partial charge on any atom is 0.373 e. The summed E-state index contributed by atoms with van der Waals surface area (Å²) in [6.07, 6.45) is 0.490. The van der Waals surface area contributed by atoms with E-state index < -0.39 is 5.97 Å². The molecule has 6 nitrogen and oxygen atoms in total. The number of hydrogen-bond acceptors (Lipinski definition) is 5. The summed E-state index contributed by atoms with van der Waals surface area (Å²) >= 11 is 6.15. The van der Waals surface area contributed by atoms with Crippen LogP contribution in [-0.2, 0) is 9.53 Å². The third kappa shape index (κ3) is 2.22. The highest BCUT2D eigenvalue weighted by Crippen LogP contribution is 2.40. The van der Waals surface area contributed by atoms with Gasteiger partial charge in [-0.05, 0) is 0 Å². The number of rotatable bonds is 4. The molecule has 0 fully saturated rings. The van der Waals surface area contributed by atoms with Gasteiger partial charge in [0.1, 0.15) is 5.58 Å². The lowest BCUT2D eigenvalue weighted by molar-refractivity contribution is -0.105. The largest absolute Gasteiger partial charge is 0.493 e. The zero-order valence-electron chi connectivity index (χ0n) is 10.2. The van der Waals surface area contributed by atoms with Crippen molar-refractivity contribution in [3.8, 4) is 5.75 Å². The van der Waals surface area contributed by atoms with Crippen LogP contribution in [0.2, 0.25) is 5.02 Å². The van der Waals surface area contributed by atoms with Crippen molar-refractivity contribution in [1.82, 2.24) is 0 Å². The highest BCUT2D eigenvalue weighted by atomic mass is 35.5. The van der Waals surface area contributed by atoms with E-state index in [9.17, 15) is 9.59 Å². The predicted molar refractivity (Wildman–Crippen MR) is 68.8 cm³/mol. The molecule has 0 unspecified atom stereocenters. The molecule has 0 spiro atoms. The molecular weight excluding hydrogens is 274 g/mol. The summed E-state index contributed by atoms with van der Waals surface area (Å²) < 4.78 is 15.0. The van der Waals surface area contributed by atoms with E-state index in [0.717, 1.165) is 0 Å². The number of nitrogens with one attached hydrogen (secondary N) is 1. The zero-order valence-corrected chi connectivity index (χ0v) is 10.9. The van der Waals surface area contributed by atoms with Crippen molar-refractivity contribution >= 4 is 40.6 Å². The molecule has 0 aliphatic heterocycles. The Kier molecular flexibility index (Phi) is 3.62. The fourth-order valence-electron chi connectivity index (χ4n) is 1.69. The maximum absolute atomic E-state index is 11.4. The Balaban J connectivity index is 2.67. The Morgan fingerprint density at radius 2 is 2.16 bits per heavy atom. The molecule has 100 valence electrons. The minimum atomic E-state index is -0.615. The van der Waals surface area contributed by atoms with E-state index in [-0.39, 0.29) is 10.8 Å². The van der Waals surface area contributed by atoms with Crippen molar-refractivity contribution < 1.29 is 23.5 Å². The van der Waals surface area contributed by atoms with Gasteiger partial charge in [0.05, 0.1) is 24.9 Å². The number of furan rings is 1. The van der Waals surface area contributed by atoms with E-state index in [0.29, 0.717) is 28.8 Å². The van der Waals surface area contributed by atoms with Crippen molar-refractivity contribution in [3.05, 3.63) is 22.9 Å². The van der Waals surface area contributed by atoms with Crippen molar-refractivity contribution in [2.75, 3.05) is 19.5 Å². The van der Waals surface area contributed by atoms with Gasteiger partial charge in [0.25, 0.3) is 0 Å². The molecule has 0 aliphatic rings. The van der Waals surface area contributed by atoms with Gasteiger partial charge >= 0.3 is 5.97 Å². The van der Waals surface area contributed by atoms with Gasteiger partial charge in [-0.1, -0.05) is 11.6 Å². The fraction of sp³-hybridized carbons (Fsp3) is 0.167. The molecule has 1 amide bonds. The van der Waals surface area contributed by atoms with Crippen molar-refractivity contribution in [2.24, 2.45) is 0 Å². The highest BCUT2D eigenvalue weighted by Gasteiger charge is 2.19. The molecule has 0 radical (unpaired) electrons.